The normalized spacial score (nSPS) is 10.9. The van der Waals surface area contributed by atoms with Crippen molar-refractivity contribution in [3.63, 3.8) is 0 Å². The first kappa shape index (κ1) is 69.7. The topological polar surface area (TPSA) is 228 Å². The lowest BCUT2D eigenvalue weighted by atomic mass is 9.99. The van der Waals surface area contributed by atoms with Crippen LogP contribution in [0, 0.1) is 0 Å². The molecule has 10 rings (SSSR count). The zero-order valence-electron chi connectivity index (χ0n) is 54.4. The Morgan fingerprint density at radius 2 is 0.577 bits per heavy atom. The second kappa shape index (κ2) is 37.3. The first-order chi connectivity index (χ1) is 47.3. The number of nitrogen functional groups attached to an aromatic ring is 4. The van der Waals surface area contributed by atoms with E-state index in [0.29, 0.717) is 84.6 Å². The lowest BCUT2D eigenvalue weighted by Crippen LogP contribution is -2.08. The number of carbonyl (C=O) groups is 4. The molecule has 0 amide bonds. The van der Waals surface area contributed by atoms with Gasteiger partial charge in [0.05, 0.1) is 37.6 Å². The van der Waals surface area contributed by atoms with Crippen molar-refractivity contribution in [1.82, 2.24) is 0 Å². The van der Waals surface area contributed by atoms with Gasteiger partial charge in [0.15, 0.2) is 11.6 Å². The van der Waals surface area contributed by atoms with Crippen molar-refractivity contribution in [2.24, 2.45) is 0 Å². The number of unbranched alkanes of at least 4 members (excludes halogenated alkanes) is 6. The highest BCUT2D eigenvalue weighted by atomic mass is 16.5. The maximum Gasteiger partial charge on any atom is 0.338 e. The van der Waals surface area contributed by atoms with Gasteiger partial charge in [0.2, 0.25) is 0 Å². The van der Waals surface area contributed by atoms with Gasteiger partial charge in [-0.3, -0.25) is 9.59 Å². The molecule has 0 radical (unpaired) electrons. The van der Waals surface area contributed by atoms with Crippen LogP contribution in [0.15, 0.2) is 255 Å². The van der Waals surface area contributed by atoms with E-state index < -0.39 is 11.9 Å². The molecule has 0 atom stereocenters. The van der Waals surface area contributed by atoms with Crippen LogP contribution in [-0.2, 0) is 15.9 Å². The van der Waals surface area contributed by atoms with Gasteiger partial charge in [-0.1, -0.05) is 170 Å². The van der Waals surface area contributed by atoms with E-state index in [1.165, 1.54) is 11.1 Å². The first-order valence-electron chi connectivity index (χ1n) is 32.7. The molecule has 0 bridgehead atoms. The average Bonchev–Trinajstić information content (AvgIpc) is 1.02. The molecule has 14 heteroatoms. The van der Waals surface area contributed by atoms with Crippen LogP contribution < -0.4 is 41.9 Å². The zero-order valence-corrected chi connectivity index (χ0v) is 54.4. The highest BCUT2D eigenvalue weighted by Crippen LogP contribution is 2.27. The maximum absolute atomic E-state index is 12.3. The highest BCUT2D eigenvalue weighted by Gasteiger charge is 2.12. The minimum Gasteiger partial charge on any atom is -0.494 e. The van der Waals surface area contributed by atoms with E-state index >= 15 is 0 Å². The summed E-state index contributed by atoms with van der Waals surface area (Å²) in [6.45, 7) is 2.79. The molecule has 0 fully saturated rings. The van der Waals surface area contributed by atoms with Gasteiger partial charge in [0.1, 0.15) is 36.2 Å². The van der Waals surface area contributed by atoms with Crippen molar-refractivity contribution in [3.05, 3.63) is 299 Å². The summed E-state index contributed by atoms with van der Waals surface area (Å²) in [4.78, 5) is 48.9. The molecule has 0 saturated carbocycles. The smallest absolute Gasteiger partial charge is 0.338 e. The van der Waals surface area contributed by atoms with E-state index in [-0.39, 0.29) is 11.6 Å². The SMILES string of the molecule is Nc1cc(N)cc(C(=O)OCCCCCCOc2ccc(-c3ccc(Cc4ccc(/C=C/C(=O)c5ccccc5)cc4)cc3)cc2)c1.Nc1cc(N)cc(C(=O)OCCCCCCOc2ccc(-c3ccc(OCCOc4ccc(/C=C/C(=O)c5ccccc5)cc4)cc3)cc2)c1. The molecule has 0 spiro atoms. The first-order valence-corrected chi connectivity index (χ1v) is 32.7. The average molecular weight is 1300 g/mol. The molecule has 0 aromatic heterocycles. The van der Waals surface area contributed by atoms with Crippen molar-refractivity contribution < 1.29 is 47.6 Å². The van der Waals surface area contributed by atoms with Crippen molar-refractivity contribution in [3.8, 4) is 45.3 Å². The van der Waals surface area contributed by atoms with Crippen LogP contribution in [0.1, 0.15) is 115 Å². The van der Waals surface area contributed by atoms with Gasteiger partial charge in [-0.25, -0.2) is 9.59 Å². The molecule has 494 valence electrons. The van der Waals surface area contributed by atoms with Gasteiger partial charge in [-0.05, 0) is 199 Å². The number of anilines is 4. The number of esters is 2. The van der Waals surface area contributed by atoms with E-state index in [9.17, 15) is 19.2 Å². The fraction of sp³-hybridized carbons (Fsp3) is 0.181. The van der Waals surface area contributed by atoms with Gasteiger partial charge in [0, 0.05) is 33.9 Å². The molecule has 14 nitrogen and oxygen atoms in total. The summed E-state index contributed by atoms with van der Waals surface area (Å²) in [6, 6.07) is 76.7. The molecular weight excluding hydrogens is 1210 g/mol. The summed E-state index contributed by atoms with van der Waals surface area (Å²) < 4.78 is 34.2. The van der Waals surface area contributed by atoms with E-state index in [4.69, 9.17) is 51.4 Å². The maximum atomic E-state index is 12.3. The second-order valence-corrected chi connectivity index (χ2v) is 23.2. The minimum atomic E-state index is -0.412. The van der Waals surface area contributed by atoms with E-state index in [0.717, 1.165) is 114 Å². The largest absolute Gasteiger partial charge is 0.494 e. The second-order valence-electron chi connectivity index (χ2n) is 23.2. The van der Waals surface area contributed by atoms with Crippen molar-refractivity contribution in [2.75, 3.05) is 62.6 Å². The lowest BCUT2D eigenvalue weighted by Gasteiger charge is -2.10. The molecule has 0 heterocycles. The number of hydrogen-bond donors (Lipinski definition) is 4. The Balaban J connectivity index is 0.000000228. The van der Waals surface area contributed by atoms with Gasteiger partial charge >= 0.3 is 11.9 Å². The minimum absolute atomic E-state index is 0.000921. The summed E-state index contributed by atoms with van der Waals surface area (Å²) in [5.74, 6) is 2.34. The molecule has 0 saturated heterocycles. The number of hydrogen-bond acceptors (Lipinski definition) is 14. The number of ketones is 2. The summed E-state index contributed by atoms with van der Waals surface area (Å²) in [6.07, 6.45) is 15.0. The van der Waals surface area contributed by atoms with Crippen LogP contribution >= 0.6 is 0 Å². The van der Waals surface area contributed by atoms with Crippen molar-refractivity contribution >= 4 is 58.4 Å². The quantitative estimate of drug-likeness (QED) is 0.00987. The van der Waals surface area contributed by atoms with Crippen LogP contribution in [0.25, 0.3) is 34.4 Å². The Morgan fingerprint density at radius 1 is 0.289 bits per heavy atom. The number of carbonyl (C=O) groups excluding carboxylic acids is 4. The molecule has 10 aromatic carbocycles. The fourth-order valence-corrected chi connectivity index (χ4v) is 10.3. The lowest BCUT2D eigenvalue weighted by molar-refractivity contribution is 0.0488. The highest BCUT2D eigenvalue weighted by molar-refractivity contribution is 6.07. The molecule has 0 aliphatic rings. The molecule has 8 N–H and O–H groups in total. The fourth-order valence-electron chi connectivity index (χ4n) is 10.3. The third-order valence-electron chi connectivity index (χ3n) is 15.6. The van der Waals surface area contributed by atoms with Crippen LogP contribution in [0.2, 0.25) is 0 Å². The number of rotatable bonds is 33. The number of nitrogens with two attached hydrogens (primary N) is 4. The van der Waals surface area contributed by atoms with E-state index in [2.05, 4.69) is 48.5 Å². The number of allylic oxidation sites excluding steroid dienone is 2. The monoisotopic (exact) mass is 1290 g/mol. The Labute approximate surface area is 568 Å². The number of benzene rings is 10. The van der Waals surface area contributed by atoms with Crippen LogP contribution in [0.4, 0.5) is 22.7 Å². The summed E-state index contributed by atoms with van der Waals surface area (Å²) in [5.41, 5.74) is 35.7. The van der Waals surface area contributed by atoms with Gasteiger partial charge < -0.3 is 51.4 Å². The van der Waals surface area contributed by atoms with Crippen molar-refractivity contribution in [1.29, 1.82) is 0 Å². The van der Waals surface area contributed by atoms with Crippen LogP contribution in [-0.4, -0.2) is 63.1 Å². The molecule has 0 unspecified atom stereocenters. The Morgan fingerprint density at radius 3 is 0.928 bits per heavy atom. The summed E-state index contributed by atoms with van der Waals surface area (Å²) in [5, 5.41) is 0. The molecule has 10 aromatic rings. The zero-order chi connectivity index (χ0) is 67.8. The standard InChI is InChI=1S/C42H42N2O6.C41H40N2O4/c43-36-28-35(29-37(44)30-36)42(46)50-25-7-2-1-6-24-47-39-19-13-32(14-20-39)33-15-21-40(22-16-33)49-27-26-48-38-17-10-31(11-18-38)12-23-41(45)34-8-4-3-5-9-34;42-37-27-36(28-38(43)29-37)41(45)47-25-7-2-1-6-24-46-39-21-19-34(20-22-39)33-17-14-32(15-18-33)26-31-12-10-30(11-13-31)16-23-40(44)35-8-4-3-5-9-35/h3-5,8-23,28-30H,1-2,6-7,24-27,43-44H2;3-5,8-23,27-29H,1-2,6-7,24-26,42-43H2/b23-12+;23-16+. The van der Waals surface area contributed by atoms with Crippen LogP contribution in [0.5, 0.6) is 23.0 Å². The molecule has 0 aliphatic heterocycles. The Hall–Kier alpha value is -11.6. The predicted octanol–water partition coefficient (Wildman–Crippen LogP) is 17.5. The number of ether oxygens (including phenoxy) is 6. The van der Waals surface area contributed by atoms with Gasteiger partial charge in [-0.15, -0.1) is 0 Å². The molecule has 0 aliphatic carbocycles. The molecular formula is C83H82N4O10. The Kier molecular flexibility index (Phi) is 26.8. The van der Waals surface area contributed by atoms with E-state index in [1.54, 1.807) is 66.8 Å². The van der Waals surface area contributed by atoms with E-state index in [1.807, 2.05) is 152 Å². The van der Waals surface area contributed by atoms with Crippen molar-refractivity contribution in [2.45, 2.75) is 57.8 Å². The Bertz CT molecular complexity index is 4120. The third-order valence-corrected chi connectivity index (χ3v) is 15.6. The molecule has 97 heavy (non-hydrogen) atoms. The van der Waals surface area contributed by atoms with Crippen LogP contribution in [0.3, 0.4) is 0 Å². The third kappa shape index (κ3) is 23.7. The predicted molar refractivity (Wildman–Crippen MR) is 389 cm³/mol. The summed E-state index contributed by atoms with van der Waals surface area (Å²) >= 11 is 0. The van der Waals surface area contributed by atoms with Gasteiger partial charge in [0.25, 0.3) is 0 Å². The summed E-state index contributed by atoms with van der Waals surface area (Å²) in [7, 11) is 0. The van der Waals surface area contributed by atoms with Gasteiger partial charge in [-0.2, -0.15) is 0 Å².